The topological polar surface area (TPSA) is 52.1 Å². The molecule has 0 bridgehead atoms. The maximum absolute atomic E-state index is 13.6. The lowest BCUT2D eigenvalue weighted by Gasteiger charge is -2.10. The van der Waals surface area contributed by atoms with E-state index in [1.54, 1.807) is 12.1 Å². The molecular weight excluding hydrogens is 311 g/mol. The van der Waals surface area contributed by atoms with E-state index in [1.165, 1.54) is 6.07 Å². The molecule has 6 heteroatoms. The van der Waals surface area contributed by atoms with Gasteiger partial charge in [-0.25, -0.2) is 4.39 Å². The zero-order valence-corrected chi connectivity index (χ0v) is 13.0. The third-order valence-corrected chi connectivity index (χ3v) is 4.08. The second kappa shape index (κ2) is 6.49. The van der Waals surface area contributed by atoms with Gasteiger partial charge in [-0.05, 0) is 24.3 Å². The Hall–Kier alpha value is -2.60. The molecule has 2 aromatic carbocycles. The number of halogens is 1. The van der Waals surface area contributed by atoms with Crippen molar-refractivity contribution in [1.82, 2.24) is 5.32 Å². The third kappa shape index (κ3) is 3.05. The van der Waals surface area contributed by atoms with Crippen LogP contribution in [0.25, 0.3) is 0 Å². The van der Waals surface area contributed by atoms with Crippen LogP contribution in [0.3, 0.4) is 0 Å². The SMILES string of the molecule is Fc1ccccc1CNCC1CC(c2ccc3c(c2)OCO3)=NO1. The molecule has 124 valence electrons. The maximum Gasteiger partial charge on any atom is 0.231 e. The van der Waals surface area contributed by atoms with Crippen molar-refractivity contribution in [2.75, 3.05) is 13.3 Å². The number of oxime groups is 1. The van der Waals surface area contributed by atoms with E-state index < -0.39 is 0 Å². The van der Waals surface area contributed by atoms with Crippen molar-refractivity contribution >= 4 is 5.71 Å². The smallest absolute Gasteiger partial charge is 0.231 e. The van der Waals surface area contributed by atoms with Gasteiger partial charge in [0.15, 0.2) is 11.5 Å². The van der Waals surface area contributed by atoms with Crippen LogP contribution in [0.1, 0.15) is 17.5 Å². The van der Waals surface area contributed by atoms with E-state index in [0.717, 1.165) is 22.8 Å². The van der Waals surface area contributed by atoms with E-state index in [2.05, 4.69) is 10.5 Å². The average Bonchev–Trinajstić information content (AvgIpc) is 3.25. The van der Waals surface area contributed by atoms with Gasteiger partial charge >= 0.3 is 0 Å². The number of fused-ring (bicyclic) bond motifs is 1. The Bertz CT molecular complexity index is 779. The first kappa shape index (κ1) is 15.0. The van der Waals surface area contributed by atoms with E-state index in [-0.39, 0.29) is 18.7 Å². The lowest BCUT2D eigenvalue weighted by molar-refractivity contribution is 0.0848. The van der Waals surface area contributed by atoms with Gasteiger partial charge in [0, 0.05) is 30.6 Å². The molecule has 4 rings (SSSR count). The monoisotopic (exact) mass is 328 g/mol. The summed E-state index contributed by atoms with van der Waals surface area (Å²) in [5, 5.41) is 7.38. The number of ether oxygens (including phenoxy) is 2. The van der Waals surface area contributed by atoms with Crippen molar-refractivity contribution in [3.05, 3.63) is 59.4 Å². The normalized spacial score (nSPS) is 18.4. The van der Waals surface area contributed by atoms with Gasteiger partial charge in [-0.3, -0.25) is 0 Å². The van der Waals surface area contributed by atoms with Crippen molar-refractivity contribution in [3.63, 3.8) is 0 Å². The molecule has 2 heterocycles. The Kier molecular flexibility index (Phi) is 4.04. The fraction of sp³-hybridized carbons (Fsp3) is 0.278. The number of nitrogens with one attached hydrogen (secondary N) is 1. The highest BCUT2D eigenvalue weighted by Gasteiger charge is 2.23. The van der Waals surface area contributed by atoms with Crippen LogP contribution in [0.4, 0.5) is 4.39 Å². The van der Waals surface area contributed by atoms with Gasteiger partial charge in [-0.1, -0.05) is 23.4 Å². The Balaban J connectivity index is 1.31. The highest BCUT2D eigenvalue weighted by atomic mass is 19.1. The van der Waals surface area contributed by atoms with Crippen LogP contribution in [0, 0.1) is 5.82 Å². The summed E-state index contributed by atoms with van der Waals surface area (Å²) in [7, 11) is 0. The molecule has 0 saturated carbocycles. The van der Waals surface area contributed by atoms with Crippen molar-refractivity contribution in [1.29, 1.82) is 0 Å². The standard InChI is InChI=1S/C18H17FN2O3/c19-15-4-2-1-3-13(15)9-20-10-14-8-16(21-24-14)12-5-6-17-18(7-12)23-11-22-17/h1-7,14,20H,8-11H2. The molecule has 2 aromatic rings. The van der Waals surface area contributed by atoms with E-state index in [0.29, 0.717) is 25.1 Å². The van der Waals surface area contributed by atoms with Crippen LogP contribution in [-0.2, 0) is 11.4 Å². The molecule has 0 radical (unpaired) electrons. The van der Waals surface area contributed by atoms with E-state index in [9.17, 15) is 4.39 Å². The minimum atomic E-state index is -0.199. The molecule has 0 amide bonds. The fourth-order valence-electron chi connectivity index (χ4n) is 2.79. The Morgan fingerprint density at radius 3 is 2.92 bits per heavy atom. The van der Waals surface area contributed by atoms with Gasteiger partial charge in [0.25, 0.3) is 0 Å². The lowest BCUT2D eigenvalue weighted by Crippen LogP contribution is -2.27. The summed E-state index contributed by atoms with van der Waals surface area (Å²) in [5.74, 6) is 1.28. The van der Waals surface area contributed by atoms with Gasteiger partial charge in [0.05, 0.1) is 5.71 Å². The minimum absolute atomic E-state index is 0.0582. The molecule has 2 aliphatic rings. The van der Waals surface area contributed by atoms with E-state index >= 15 is 0 Å². The van der Waals surface area contributed by atoms with Crippen LogP contribution in [0.15, 0.2) is 47.6 Å². The minimum Gasteiger partial charge on any atom is -0.454 e. The quantitative estimate of drug-likeness (QED) is 0.917. The summed E-state index contributed by atoms with van der Waals surface area (Å²) in [6, 6.07) is 12.5. The number of hydrogen-bond donors (Lipinski definition) is 1. The predicted octanol–water partition coefficient (Wildman–Crippen LogP) is 2.84. The molecule has 0 fully saturated rings. The molecule has 0 aliphatic carbocycles. The molecule has 5 nitrogen and oxygen atoms in total. The highest BCUT2D eigenvalue weighted by Crippen LogP contribution is 2.33. The summed E-state index contributed by atoms with van der Waals surface area (Å²) in [6.45, 7) is 1.32. The molecule has 24 heavy (non-hydrogen) atoms. The lowest BCUT2D eigenvalue weighted by atomic mass is 10.0. The van der Waals surface area contributed by atoms with E-state index in [4.69, 9.17) is 14.3 Å². The zero-order valence-electron chi connectivity index (χ0n) is 13.0. The van der Waals surface area contributed by atoms with E-state index in [1.807, 2.05) is 24.3 Å². The van der Waals surface area contributed by atoms with Crippen molar-refractivity contribution in [2.45, 2.75) is 19.1 Å². The summed E-state index contributed by atoms with van der Waals surface area (Å²) in [4.78, 5) is 5.47. The Morgan fingerprint density at radius 1 is 1.12 bits per heavy atom. The highest BCUT2D eigenvalue weighted by molar-refractivity contribution is 6.01. The number of rotatable bonds is 5. The number of benzene rings is 2. The van der Waals surface area contributed by atoms with Gasteiger partial charge in [0.1, 0.15) is 11.9 Å². The molecule has 0 saturated heterocycles. The fourth-order valence-corrected chi connectivity index (χ4v) is 2.79. The Labute approximate surface area is 139 Å². The molecular formula is C18H17FN2O3. The Morgan fingerprint density at radius 2 is 2.00 bits per heavy atom. The molecule has 0 aromatic heterocycles. The van der Waals surface area contributed by atoms with Crippen LogP contribution < -0.4 is 14.8 Å². The van der Waals surface area contributed by atoms with Gasteiger partial charge in [0.2, 0.25) is 6.79 Å². The molecule has 1 N–H and O–H groups in total. The number of hydrogen-bond acceptors (Lipinski definition) is 5. The van der Waals surface area contributed by atoms with Crippen LogP contribution >= 0.6 is 0 Å². The largest absolute Gasteiger partial charge is 0.454 e. The maximum atomic E-state index is 13.6. The summed E-state index contributed by atoms with van der Waals surface area (Å²) >= 11 is 0. The zero-order chi connectivity index (χ0) is 16.4. The summed E-state index contributed by atoms with van der Waals surface area (Å²) in [5.41, 5.74) is 2.49. The second-order valence-corrected chi connectivity index (χ2v) is 5.76. The van der Waals surface area contributed by atoms with Gasteiger partial charge in [-0.15, -0.1) is 0 Å². The first-order chi connectivity index (χ1) is 11.8. The molecule has 1 unspecified atom stereocenters. The van der Waals surface area contributed by atoms with Gasteiger partial charge < -0.3 is 19.6 Å². The van der Waals surface area contributed by atoms with Crippen molar-refractivity contribution < 1.29 is 18.7 Å². The molecule has 2 aliphatic heterocycles. The van der Waals surface area contributed by atoms with Crippen molar-refractivity contribution in [2.24, 2.45) is 5.16 Å². The molecule has 1 atom stereocenters. The van der Waals surface area contributed by atoms with Gasteiger partial charge in [-0.2, -0.15) is 0 Å². The first-order valence-corrected chi connectivity index (χ1v) is 7.86. The predicted molar refractivity (Wildman–Crippen MR) is 86.7 cm³/mol. The van der Waals surface area contributed by atoms with Crippen molar-refractivity contribution in [3.8, 4) is 11.5 Å². The number of nitrogens with zero attached hydrogens (tertiary/aromatic N) is 1. The first-order valence-electron chi connectivity index (χ1n) is 7.86. The summed E-state index contributed by atoms with van der Waals surface area (Å²) < 4.78 is 24.3. The van der Waals surface area contributed by atoms with Crippen LogP contribution in [-0.4, -0.2) is 25.2 Å². The third-order valence-electron chi connectivity index (χ3n) is 4.08. The molecule has 0 spiro atoms. The average molecular weight is 328 g/mol. The van der Waals surface area contributed by atoms with Crippen LogP contribution in [0.2, 0.25) is 0 Å². The van der Waals surface area contributed by atoms with Crippen LogP contribution in [0.5, 0.6) is 11.5 Å². The second-order valence-electron chi connectivity index (χ2n) is 5.76. The summed E-state index contributed by atoms with van der Waals surface area (Å²) in [6.07, 6.45) is 0.640.